The number of rotatable bonds is 5. The Hall–Kier alpha value is -2.34. The summed E-state index contributed by atoms with van der Waals surface area (Å²) in [6.45, 7) is 1.39. The van der Waals surface area contributed by atoms with Crippen LogP contribution in [0.2, 0.25) is 0 Å². The van der Waals surface area contributed by atoms with Gasteiger partial charge in [0.1, 0.15) is 5.65 Å². The molecule has 6 heteroatoms. The standard InChI is InChI=1S/C13H15N5O/c1-19-5-4-14-12-10-2-3-15-13(10)16-8-11(12)9-6-17-18-7-9/h2-3,6-8H,4-5H2,1H3,(H,17,18)(H2,14,15,16). The first-order valence-corrected chi connectivity index (χ1v) is 6.08. The molecule has 0 aliphatic rings. The third-order valence-corrected chi connectivity index (χ3v) is 3.00. The molecule has 98 valence electrons. The molecule has 0 bridgehead atoms. The van der Waals surface area contributed by atoms with E-state index in [0.29, 0.717) is 6.61 Å². The fraction of sp³-hybridized carbons (Fsp3) is 0.231. The Morgan fingerprint density at radius 2 is 2.32 bits per heavy atom. The molecule has 0 saturated heterocycles. The second kappa shape index (κ2) is 5.11. The molecule has 19 heavy (non-hydrogen) atoms. The zero-order valence-corrected chi connectivity index (χ0v) is 10.6. The SMILES string of the molecule is COCCNc1c(-c2cn[nH]c2)cnc2[nH]ccc12. The first-order valence-electron chi connectivity index (χ1n) is 6.08. The number of fused-ring (bicyclic) bond motifs is 1. The summed E-state index contributed by atoms with van der Waals surface area (Å²) in [5, 5.41) is 11.3. The van der Waals surface area contributed by atoms with E-state index in [1.807, 2.05) is 24.7 Å². The summed E-state index contributed by atoms with van der Waals surface area (Å²) in [7, 11) is 1.69. The van der Waals surface area contributed by atoms with Gasteiger partial charge < -0.3 is 15.0 Å². The first kappa shape index (κ1) is 11.7. The van der Waals surface area contributed by atoms with Gasteiger partial charge in [0.25, 0.3) is 0 Å². The maximum atomic E-state index is 5.08. The van der Waals surface area contributed by atoms with Crippen molar-refractivity contribution in [3.05, 3.63) is 30.9 Å². The second-order valence-electron chi connectivity index (χ2n) is 4.19. The van der Waals surface area contributed by atoms with Crippen molar-refractivity contribution in [2.75, 3.05) is 25.6 Å². The molecule has 0 fully saturated rings. The molecule has 0 aromatic carbocycles. The summed E-state index contributed by atoms with van der Waals surface area (Å²) in [5.74, 6) is 0. The number of anilines is 1. The van der Waals surface area contributed by atoms with Crippen LogP contribution in [0.4, 0.5) is 5.69 Å². The van der Waals surface area contributed by atoms with Gasteiger partial charge in [0.05, 0.1) is 18.5 Å². The maximum absolute atomic E-state index is 5.08. The fourth-order valence-electron chi connectivity index (χ4n) is 2.09. The van der Waals surface area contributed by atoms with E-state index < -0.39 is 0 Å². The lowest BCUT2D eigenvalue weighted by atomic mass is 10.1. The molecular formula is C13H15N5O. The van der Waals surface area contributed by atoms with Gasteiger partial charge in [0.2, 0.25) is 0 Å². The van der Waals surface area contributed by atoms with Crippen LogP contribution in [0.3, 0.4) is 0 Å². The van der Waals surface area contributed by atoms with Crippen LogP contribution in [0.1, 0.15) is 0 Å². The van der Waals surface area contributed by atoms with Gasteiger partial charge >= 0.3 is 0 Å². The van der Waals surface area contributed by atoms with Gasteiger partial charge in [-0.25, -0.2) is 4.98 Å². The minimum atomic E-state index is 0.652. The molecule has 6 nitrogen and oxygen atoms in total. The zero-order chi connectivity index (χ0) is 13.1. The van der Waals surface area contributed by atoms with Gasteiger partial charge in [-0.2, -0.15) is 5.10 Å². The number of H-pyrrole nitrogens is 2. The van der Waals surface area contributed by atoms with Gasteiger partial charge in [-0.1, -0.05) is 0 Å². The number of nitrogens with one attached hydrogen (secondary N) is 3. The molecule has 3 aromatic heterocycles. The van der Waals surface area contributed by atoms with Crippen LogP contribution in [0.25, 0.3) is 22.2 Å². The Kier molecular flexibility index (Phi) is 3.16. The first-order chi connectivity index (χ1) is 9.40. The second-order valence-corrected chi connectivity index (χ2v) is 4.19. The number of hydrogen-bond donors (Lipinski definition) is 3. The maximum Gasteiger partial charge on any atom is 0.139 e. The van der Waals surface area contributed by atoms with Crippen LogP contribution in [-0.4, -0.2) is 40.4 Å². The number of aromatic amines is 2. The Balaban J connectivity index is 2.07. The van der Waals surface area contributed by atoms with Crippen molar-refractivity contribution in [2.45, 2.75) is 0 Å². The van der Waals surface area contributed by atoms with Crippen molar-refractivity contribution in [3.8, 4) is 11.1 Å². The summed E-state index contributed by atoms with van der Waals surface area (Å²) in [5.41, 5.74) is 3.95. The lowest BCUT2D eigenvalue weighted by Gasteiger charge is -2.11. The lowest BCUT2D eigenvalue weighted by molar-refractivity contribution is 0.211. The van der Waals surface area contributed by atoms with Crippen molar-refractivity contribution in [1.82, 2.24) is 20.2 Å². The molecule has 0 amide bonds. The molecule has 3 heterocycles. The number of nitrogens with zero attached hydrogens (tertiary/aromatic N) is 2. The normalized spacial score (nSPS) is 11.0. The molecule has 0 unspecified atom stereocenters. The van der Waals surface area contributed by atoms with Crippen molar-refractivity contribution in [2.24, 2.45) is 0 Å². The summed E-state index contributed by atoms with van der Waals surface area (Å²) < 4.78 is 5.08. The lowest BCUT2D eigenvalue weighted by Crippen LogP contribution is -2.09. The Bertz CT molecular complexity index is 659. The van der Waals surface area contributed by atoms with Gasteiger partial charge in [-0.3, -0.25) is 5.10 Å². The highest BCUT2D eigenvalue weighted by molar-refractivity contribution is 5.97. The average Bonchev–Trinajstić information content (AvgIpc) is 3.10. The highest BCUT2D eigenvalue weighted by Crippen LogP contribution is 2.32. The van der Waals surface area contributed by atoms with Crippen LogP contribution in [0, 0.1) is 0 Å². The topological polar surface area (TPSA) is 78.6 Å². The summed E-state index contributed by atoms with van der Waals surface area (Å²) >= 11 is 0. The number of aromatic nitrogens is 4. The van der Waals surface area contributed by atoms with Crippen molar-refractivity contribution in [3.63, 3.8) is 0 Å². The van der Waals surface area contributed by atoms with Crippen molar-refractivity contribution < 1.29 is 4.74 Å². The summed E-state index contributed by atoms with van der Waals surface area (Å²) in [6, 6.07) is 2.01. The van der Waals surface area contributed by atoms with Crippen LogP contribution in [0.5, 0.6) is 0 Å². The predicted molar refractivity (Wildman–Crippen MR) is 74.0 cm³/mol. The number of hydrogen-bond acceptors (Lipinski definition) is 4. The number of pyridine rings is 1. The number of ether oxygens (including phenoxy) is 1. The van der Waals surface area contributed by atoms with Gasteiger partial charge in [-0.05, 0) is 6.07 Å². The minimum Gasteiger partial charge on any atom is -0.383 e. The van der Waals surface area contributed by atoms with E-state index in [0.717, 1.165) is 34.4 Å². The Morgan fingerprint density at radius 1 is 1.37 bits per heavy atom. The molecule has 3 aromatic rings. The van der Waals surface area contributed by atoms with Crippen LogP contribution < -0.4 is 5.32 Å². The highest BCUT2D eigenvalue weighted by atomic mass is 16.5. The summed E-state index contributed by atoms with van der Waals surface area (Å²) in [4.78, 5) is 7.53. The van der Waals surface area contributed by atoms with Crippen LogP contribution >= 0.6 is 0 Å². The van der Waals surface area contributed by atoms with E-state index in [1.54, 1.807) is 13.3 Å². The average molecular weight is 257 g/mol. The van der Waals surface area contributed by atoms with Gasteiger partial charge in [0.15, 0.2) is 0 Å². The van der Waals surface area contributed by atoms with E-state index in [9.17, 15) is 0 Å². The number of methoxy groups -OCH3 is 1. The van der Waals surface area contributed by atoms with Gasteiger partial charge in [-0.15, -0.1) is 0 Å². The molecule has 0 spiro atoms. The fourth-order valence-corrected chi connectivity index (χ4v) is 2.09. The largest absolute Gasteiger partial charge is 0.383 e. The van der Waals surface area contributed by atoms with Crippen molar-refractivity contribution in [1.29, 1.82) is 0 Å². The third kappa shape index (κ3) is 2.17. The molecule has 0 aliphatic carbocycles. The monoisotopic (exact) mass is 257 g/mol. The van der Waals surface area contributed by atoms with E-state index in [2.05, 4.69) is 25.5 Å². The molecular weight excluding hydrogens is 242 g/mol. The molecule has 3 N–H and O–H groups in total. The Labute approximate surface area is 110 Å². The molecule has 0 atom stereocenters. The quantitative estimate of drug-likeness (QED) is 0.611. The van der Waals surface area contributed by atoms with E-state index in [4.69, 9.17) is 4.74 Å². The van der Waals surface area contributed by atoms with Crippen LogP contribution in [0.15, 0.2) is 30.9 Å². The van der Waals surface area contributed by atoms with Gasteiger partial charge in [0, 0.05) is 48.8 Å². The predicted octanol–water partition coefficient (Wildman–Crippen LogP) is 2.01. The minimum absolute atomic E-state index is 0.652. The molecule has 0 aliphatic heterocycles. The molecule has 0 radical (unpaired) electrons. The molecule has 0 saturated carbocycles. The Morgan fingerprint density at radius 3 is 3.11 bits per heavy atom. The zero-order valence-electron chi connectivity index (χ0n) is 10.6. The van der Waals surface area contributed by atoms with E-state index >= 15 is 0 Å². The highest BCUT2D eigenvalue weighted by Gasteiger charge is 2.11. The molecule has 3 rings (SSSR count). The van der Waals surface area contributed by atoms with E-state index in [-0.39, 0.29) is 0 Å². The third-order valence-electron chi connectivity index (χ3n) is 3.00. The smallest absolute Gasteiger partial charge is 0.139 e. The van der Waals surface area contributed by atoms with Crippen molar-refractivity contribution >= 4 is 16.7 Å². The van der Waals surface area contributed by atoms with E-state index in [1.165, 1.54) is 0 Å². The van der Waals surface area contributed by atoms with Crippen LogP contribution in [-0.2, 0) is 4.74 Å². The summed E-state index contributed by atoms with van der Waals surface area (Å²) in [6.07, 6.45) is 7.38.